The fourth-order valence-electron chi connectivity index (χ4n) is 4.42. The Hall–Kier alpha value is -1.13. The molecule has 0 spiro atoms. The quantitative estimate of drug-likeness (QED) is 0.584. The van der Waals surface area contributed by atoms with Gasteiger partial charge in [0.25, 0.3) is 5.60 Å². The highest BCUT2D eigenvalue weighted by molar-refractivity contribution is 5.54. The smallest absolute Gasteiger partial charge is 0.339 e. The number of ether oxygens (including phenoxy) is 1. The van der Waals surface area contributed by atoms with Crippen LogP contribution in [0.3, 0.4) is 0 Å². The molecule has 4 bridgehead atoms. The van der Waals surface area contributed by atoms with E-state index >= 15 is 0 Å². The van der Waals surface area contributed by atoms with Crippen molar-refractivity contribution >= 4 is 0 Å². The lowest BCUT2D eigenvalue weighted by Crippen LogP contribution is -3.10. The molecule has 0 aromatic carbocycles. The fourth-order valence-corrected chi connectivity index (χ4v) is 4.42. The minimum atomic E-state index is -7.83. The zero-order valence-corrected chi connectivity index (χ0v) is 14.5. The van der Waals surface area contributed by atoms with Gasteiger partial charge in [-0.2, -0.15) is 52.7 Å². The van der Waals surface area contributed by atoms with Crippen molar-refractivity contribution in [3.8, 4) is 0 Å². The van der Waals surface area contributed by atoms with Crippen LogP contribution in [-0.4, -0.2) is 76.0 Å². The first-order chi connectivity index (χ1) is 13.5. The molecule has 2 nitrogen and oxygen atoms in total. The number of aliphatic hydroxyl groups is 1. The normalized spacial score (nSPS) is 47.9. The maximum atomic E-state index is 14.7. The summed E-state index contributed by atoms with van der Waals surface area (Å²) in [5, 5.41) is 9.19. The van der Waals surface area contributed by atoms with Gasteiger partial charge in [-0.3, -0.25) is 0 Å². The number of aliphatic hydroxyl groups excluding tert-OH is 1. The highest BCUT2D eigenvalue weighted by Crippen LogP contribution is 2.88. The van der Waals surface area contributed by atoms with Crippen LogP contribution in [0.4, 0.5) is 65.9 Å². The van der Waals surface area contributed by atoms with Crippen molar-refractivity contribution in [1.82, 2.24) is 0 Å². The Labute approximate surface area is 161 Å². The lowest BCUT2D eigenvalue weighted by atomic mass is 9.40. The number of alkyl halides is 15. The molecule has 0 heterocycles. The third-order valence-electron chi connectivity index (χ3n) is 6.18. The van der Waals surface area contributed by atoms with Crippen LogP contribution in [-0.2, 0) is 4.74 Å². The molecule has 4 aliphatic carbocycles. The van der Waals surface area contributed by atoms with E-state index in [4.69, 9.17) is 0 Å². The van der Waals surface area contributed by atoms with Crippen molar-refractivity contribution < 1.29 is 75.7 Å². The molecule has 4 saturated carbocycles. The first-order valence-electron chi connectivity index (χ1n) is 8.11. The average Bonchev–Trinajstić information content (AvgIpc) is 2.61. The van der Waals surface area contributed by atoms with E-state index in [0.717, 1.165) is 6.92 Å². The first-order valence-corrected chi connectivity index (χ1v) is 8.11. The standard InChI is InChI=1S/C14H9F15O2/c1-2-4(30)3-31-8-12(24,25)5(15)9(18,19)6(16,13(8,26)27)11(22,23)7(17,10(5,20)21)14(8,28)29/h4,30H,2-3H2,1H3. The van der Waals surface area contributed by atoms with Crippen LogP contribution in [0.15, 0.2) is 0 Å². The van der Waals surface area contributed by atoms with Gasteiger partial charge in [0.15, 0.2) is 0 Å². The number of rotatable bonds is 4. The van der Waals surface area contributed by atoms with E-state index in [1.807, 2.05) is 0 Å². The lowest BCUT2D eigenvalue weighted by Gasteiger charge is -2.74. The number of hydrogen-bond acceptors (Lipinski definition) is 2. The van der Waals surface area contributed by atoms with Gasteiger partial charge in [-0.1, -0.05) is 6.92 Å². The van der Waals surface area contributed by atoms with Gasteiger partial charge < -0.3 is 9.84 Å². The van der Waals surface area contributed by atoms with Gasteiger partial charge >= 0.3 is 52.5 Å². The van der Waals surface area contributed by atoms with Crippen LogP contribution < -0.4 is 0 Å². The van der Waals surface area contributed by atoms with Gasteiger partial charge in [0, 0.05) is 0 Å². The summed E-state index contributed by atoms with van der Waals surface area (Å²) in [4.78, 5) is 0. The molecule has 1 N–H and O–H groups in total. The van der Waals surface area contributed by atoms with Crippen LogP contribution in [0, 0.1) is 0 Å². The predicted molar refractivity (Wildman–Crippen MR) is 66.2 cm³/mol. The molecule has 4 rings (SSSR count). The SMILES string of the molecule is CCC(O)COC12C(F)(F)C3(F)C(F)(F)C(F)(C(F)(F)C(F)(C3(F)F)C1(F)F)C2(F)F. The fraction of sp³-hybridized carbons (Fsp3) is 1.00. The van der Waals surface area contributed by atoms with E-state index < -0.39 is 77.3 Å². The monoisotopic (exact) mass is 494 g/mol. The molecule has 1 atom stereocenters. The van der Waals surface area contributed by atoms with E-state index in [1.54, 1.807) is 0 Å². The number of hydrogen-bond donors (Lipinski definition) is 1. The Balaban J connectivity index is 2.59. The molecule has 31 heavy (non-hydrogen) atoms. The van der Waals surface area contributed by atoms with Crippen molar-refractivity contribution in [3.63, 3.8) is 0 Å². The van der Waals surface area contributed by atoms with Crippen LogP contribution in [0.2, 0.25) is 0 Å². The minimum absolute atomic E-state index is 0.733. The topological polar surface area (TPSA) is 29.5 Å². The first kappa shape index (κ1) is 24.5. The van der Waals surface area contributed by atoms with Gasteiger partial charge in [0.1, 0.15) is 0 Å². The maximum Gasteiger partial charge on any atom is 0.339 e. The molecule has 4 aliphatic rings. The zero-order valence-electron chi connectivity index (χ0n) is 14.5. The molecule has 0 radical (unpaired) electrons. The molecule has 1 unspecified atom stereocenters. The molecule has 0 aromatic rings. The molecule has 182 valence electrons. The molecule has 0 aliphatic heterocycles. The summed E-state index contributed by atoms with van der Waals surface area (Å²) in [6.45, 7) is -1.36. The van der Waals surface area contributed by atoms with Crippen LogP contribution in [0.5, 0.6) is 0 Å². The average molecular weight is 494 g/mol. The van der Waals surface area contributed by atoms with Gasteiger partial charge in [0.05, 0.1) is 12.7 Å². The third-order valence-corrected chi connectivity index (χ3v) is 6.18. The molecule has 4 fully saturated rings. The van der Waals surface area contributed by atoms with Crippen molar-refractivity contribution in [2.24, 2.45) is 0 Å². The number of halogens is 15. The molecule has 17 heteroatoms. The summed E-state index contributed by atoms with van der Waals surface area (Å²) >= 11 is 0. The van der Waals surface area contributed by atoms with E-state index in [1.165, 1.54) is 0 Å². The van der Waals surface area contributed by atoms with E-state index in [0.29, 0.717) is 0 Å². The Morgan fingerprint density at radius 3 is 1.03 bits per heavy atom. The second-order valence-electron chi connectivity index (χ2n) is 7.48. The summed E-state index contributed by atoms with van der Waals surface area (Å²) in [7, 11) is 0. The van der Waals surface area contributed by atoms with E-state index in [-0.39, 0.29) is 0 Å². The Kier molecular flexibility index (Phi) is 4.21. The molecule has 0 amide bonds. The summed E-state index contributed by atoms with van der Waals surface area (Å²) in [5.74, 6) is -46.3. The van der Waals surface area contributed by atoms with Gasteiger partial charge in [-0.15, -0.1) is 0 Å². The maximum absolute atomic E-state index is 14.7. The van der Waals surface area contributed by atoms with E-state index in [9.17, 15) is 71.0 Å². The zero-order chi connectivity index (χ0) is 24.7. The highest BCUT2D eigenvalue weighted by Gasteiger charge is 3.23. The van der Waals surface area contributed by atoms with Crippen LogP contribution in [0.25, 0.3) is 0 Å². The third kappa shape index (κ3) is 1.58. The Morgan fingerprint density at radius 1 is 0.548 bits per heavy atom. The molecular weight excluding hydrogens is 485 g/mol. The minimum Gasteiger partial charge on any atom is -0.391 e. The summed E-state index contributed by atoms with van der Waals surface area (Å²) in [6.07, 6.45) is -3.08. The molecule has 0 saturated heterocycles. The van der Waals surface area contributed by atoms with Crippen molar-refractivity contribution in [3.05, 3.63) is 0 Å². The van der Waals surface area contributed by atoms with Crippen molar-refractivity contribution in [1.29, 1.82) is 0 Å². The van der Waals surface area contributed by atoms with Crippen molar-refractivity contribution in [2.45, 2.75) is 77.6 Å². The second kappa shape index (κ2) is 5.33. The highest BCUT2D eigenvalue weighted by atomic mass is 19.3. The summed E-state index contributed by atoms with van der Waals surface area (Å²) < 4.78 is 220. The largest absolute Gasteiger partial charge is 0.391 e. The van der Waals surface area contributed by atoms with Gasteiger partial charge in [-0.25, -0.2) is 13.2 Å². The summed E-state index contributed by atoms with van der Waals surface area (Å²) in [6, 6.07) is 0. The van der Waals surface area contributed by atoms with Gasteiger partial charge in [-0.05, 0) is 6.42 Å². The van der Waals surface area contributed by atoms with E-state index in [2.05, 4.69) is 4.74 Å². The van der Waals surface area contributed by atoms with Gasteiger partial charge in [0.2, 0.25) is 0 Å². The van der Waals surface area contributed by atoms with Crippen molar-refractivity contribution in [2.75, 3.05) is 6.61 Å². The molecular formula is C14H9F15O2. The lowest BCUT2D eigenvalue weighted by molar-refractivity contribution is -0.619. The Morgan fingerprint density at radius 2 is 0.806 bits per heavy atom. The molecule has 0 aromatic heterocycles. The van der Waals surface area contributed by atoms with Crippen LogP contribution >= 0.6 is 0 Å². The second-order valence-corrected chi connectivity index (χ2v) is 7.48. The Bertz CT molecular complexity index is 694. The predicted octanol–water partition coefficient (Wildman–Crippen LogP) is 4.49. The van der Waals surface area contributed by atoms with Crippen LogP contribution in [0.1, 0.15) is 13.3 Å². The summed E-state index contributed by atoms with van der Waals surface area (Å²) in [5.41, 5.74) is -30.0.